The molecule has 2 unspecified atom stereocenters. The number of carbonyl (C=O) groups is 2. The van der Waals surface area contributed by atoms with Gasteiger partial charge in [-0.2, -0.15) is 4.99 Å². The van der Waals surface area contributed by atoms with Gasteiger partial charge in [0.05, 0.1) is 5.69 Å². The van der Waals surface area contributed by atoms with E-state index in [-0.39, 0.29) is 54.6 Å². The Bertz CT molecular complexity index is 4800. The van der Waals surface area contributed by atoms with Crippen LogP contribution in [0.4, 0.5) is 24.7 Å². The normalized spacial score (nSPS) is 11.1. The van der Waals surface area contributed by atoms with E-state index in [2.05, 4.69) is 55.9 Å². The van der Waals surface area contributed by atoms with Gasteiger partial charge in [-0.05, 0) is 182 Å². The van der Waals surface area contributed by atoms with Crippen molar-refractivity contribution in [3.05, 3.63) is 335 Å². The van der Waals surface area contributed by atoms with Gasteiger partial charge in [-0.15, -0.1) is 0 Å². The molecule has 14 aromatic rings. The van der Waals surface area contributed by atoms with Crippen molar-refractivity contribution in [2.45, 2.75) is 54.7 Å². The number of benzene rings is 5. The largest absolute Gasteiger partial charge is 0.768 e. The molecule has 498 valence electrons. The molecule has 99 heavy (non-hydrogen) atoms. The lowest BCUT2D eigenvalue weighted by Gasteiger charge is -2.04. The zero-order valence-electron chi connectivity index (χ0n) is 52.8. The van der Waals surface area contributed by atoms with Gasteiger partial charge < -0.3 is 29.8 Å². The minimum Gasteiger partial charge on any atom is -0.768 e. The number of aliphatic imine (C=N–C) groups is 1. The summed E-state index contributed by atoms with van der Waals surface area (Å²) in [5, 5.41) is 3.36. The van der Waals surface area contributed by atoms with E-state index in [1.165, 1.54) is 54.1 Å². The Morgan fingerprint density at radius 3 is 1.14 bits per heavy atom. The highest BCUT2D eigenvalue weighted by Gasteiger charge is 2.12. The number of nitrogens with zero attached hydrogens (tertiary/aromatic N) is 7. The van der Waals surface area contributed by atoms with Crippen molar-refractivity contribution in [1.82, 2.24) is 44.9 Å². The van der Waals surface area contributed by atoms with Crippen molar-refractivity contribution in [2.24, 2.45) is 4.99 Å². The molecule has 2 atom stereocenters. The Balaban J connectivity index is 0.000000147. The van der Waals surface area contributed by atoms with Crippen LogP contribution in [0.25, 0.3) is 33.1 Å². The van der Waals surface area contributed by atoms with Gasteiger partial charge in [-0.1, -0.05) is 84.9 Å². The molecule has 23 heteroatoms. The smallest absolute Gasteiger partial charge is 0.240 e. The van der Waals surface area contributed by atoms with Gasteiger partial charge in [0, 0.05) is 144 Å². The van der Waals surface area contributed by atoms with E-state index in [4.69, 9.17) is 5.73 Å². The van der Waals surface area contributed by atoms with Crippen LogP contribution in [0.1, 0.15) is 55.9 Å². The average Bonchev–Trinajstić information content (AvgIpc) is 1.71. The van der Waals surface area contributed by atoms with Crippen molar-refractivity contribution in [1.29, 1.82) is 0 Å². The molecule has 0 aliphatic carbocycles. The third-order valence-electron chi connectivity index (χ3n) is 14.6. The summed E-state index contributed by atoms with van der Waals surface area (Å²) in [6, 6.07) is 57.7. The van der Waals surface area contributed by atoms with Crippen LogP contribution in [0, 0.1) is 17.5 Å². The zero-order valence-corrected chi connectivity index (χ0v) is 54.4. The first-order valence-electron chi connectivity index (χ1n) is 30.6. The number of ketones is 2. The molecular formula is C76H62F3N11O7S2-2. The molecule has 0 aliphatic heterocycles. The molecule has 0 bridgehead atoms. The molecule has 0 spiro atoms. The van der Waals surface area contributed by atoms with Crippen LogP contribution in [0.15, 0.2) is 277 Å². The van der Waals surface area contributed by atoms with Crippen molar-refractivity contribution in [3.63, 3.8) is 0 Å². The molecule has 14 rings (SSSR count). The quantitative estimate of drug-likeness (QED) is 0.0374. The van der Waals surface area contributed by atoms with Crippen LogP contribution in [0.2, 0.25) is 0 Å². The van der Waals surface area contributed by atoms with E-state index in [1.807, 2.05) is 91.5 Å². The first kappa shape index (κ1) is 71.4. The Morgan fingerprint density at radius 1 is 0.424 bits per heavy atom. The summed E-state index contributed by atoms with van der Waals surface area (Å²) in [4.78, 5) is 73.3. The first-order chi connectivity index (χ1) is 48.1. The van der Waals surface area contributed by atoms with Gasteiger partial charge in [0.2, 0.25) is 6.08 Å². The van der Waals surface area contributed by atoms with E-state index in [9.17, 15) is 45.1 Å². The molecule has 0 radical (unpaired) electrons. The molecule has 5 N–H and O–H groups in total. The number of Topliss-reactive ketones (excluding diaryl/α,β-unsaturated/α-hetero) is 2. The van der Waals surface area contributed by atoms with Crippen LogP contribution >= 0.6 is 0 Å². The zero-order chi connectivity index (χ0) is 69.7. The predicted molar refractivity (Wildman–Crippen MR) is 373 cm³/mol. The second-order valence-electron chi connectivity index (χ2n) is 21.9. The fourth-order valence-electron chi connectivity index (χ4n) is 9.95. The van der Waals surface area contributed by atoms with E-state index in [0.717, 1.165) is 97.6 Å². The van der Waals surface area contributed by atoms with Crippen LogP contribution in [-0.2, 0) is 81.5 Å². The van der Waals surface area contributed by atoms with Crippen molar-refractivity contribution >= 4 is 84.4 Å². The lowest BCUT2D eigenvalue weighted by molar-refractivity contribution is -0.118. The number of halogens is 3. The number of anilines is 1. The third-order valence-corrected chi connectivity index (χ3v) is 15.9. The van der Waals surface area contributed by atoms with Gasteiger partial charge in [-0.25, -0.2) is 37.9 Å². The summed E-state index contributed by atoms with van der Waals surface area (Å²) in [5.41, 5.74) is 18.2. The molecule has 0 saturated carbocycles. The second-order valence-corrected chi connectivity index (χ2v) is 23.8. The highest BCUT2D eigenvalue weighted by Crippen LogP contribution is 2.23. The fourth-order valence-corrected chi connectivity index (χ4v) is 10.7. The summed E-state index contributed by atoms with van der Waals surface area (Å²) in [7, 11) is 0. The number of fused-ring (bicyclic) bond motifs is 3. The number of hydrogen-bond donors (Lipinski definition) is 4. The highest BCUT2D eigenvalue weighted by atomic mass is 32.2. The van der Waals surface area contributed by atoms with Gasteiger partial charge >= 0.3 is 0 Å². The number of nitrogens with two attached hydrogens (primary N) is 1. The maximum absolute atomic E-state index is 13.2. The number of rotatable bonds is 17. The number of isocyanates is 1. The van der Waals surface area contributed by atoms with Crippen LogP contribution < -0.4 is 5.73 Å². The minimum atomic E-state index is -2.08. The first-order valence-corrected chi connectivity index (χ1v) is 32.7. The monoisotopic (exact) mass is 1360 g/mol. The fraction of sp³-hybridized carbons (Fsp3) is 0.0921. The summed E-state index contributed by atoms with van der Waals surface area (Å²) in [6.45, 7) is 0. The summed E-state index contributed by atoms with van der Waals surface area (Å²) >= 11 is -4.16. The lowest BCUT2D eigenvalue weighted by Crippen LogP contribution is -2.08. The molecule has 0 aliphatic rings. The maximum Gasteiger partial charge on any atom is 0.240 e. The molecule has 9 aromatic heterocycles. The third kappa shape index (κ3) is 22.9. The molecular weight excluding hydrogens is 1300 g/mol. The van der Waals surface area contributed by atoms with E-state index < -0.39 is 28.0 Å². The van der Waals surface area contributed by atoms with E-state index in [1.54, 1.807) is 116 Å². The molecule has 0 amide bonds. The standard InChI is InChI=1S/2C22H18FN3O.C13H12N4.C7H4FNO.2C6H6O2S/c2*23-18-4-1-3-15(10-18)11-20(27)12-19-7-6-16(13-25-19)9-17-14-26-22-21(17)5-2-8-24-22;14-12-4-3-9(7-16-12)6-10-8-17-13-11(10)2-1-5-15-13;8-6-2-1-3-7(4-6)9-5-10;2*7-9(8)6-4-2-1-3-5-6/h2*1-8,10,13-14H,9,11-12H2,(H,24,26);1-5,7-8H,6H2,(H2,14,16)(H,15,17);1-4H;2*1-5H,(H,7,8)/p-2. The average molecular weight is 1360 g/mol. The Hall–Kier alpha value is -11.9. The number of nitrogen functional groups attached to an aromatic ring is 1. The van der Waals surface area contributed by atoms with Gasteiger partial charge in [0.25, 0.3) is 0 Å². The number of H-pyrrole nitrogens is 3. The van der Waals surface area contributed by atoms with Gasteiger partial charge in [0.15, 0.2) is 0 Å². The summed E-state index contributed by atoms with van der Waals surface area (Å²) in [5.74, 6) is -0.469. The number of carbonyl (C=O) groups excluding carboxylic acids is 3. The van der Waals surface area contributed by atoms with Gasteiger partial charge in [-0.3, -0.25) is 28.0 Å². The maximum atomic E-state index is 13.2. The highest BCUT2D eigenvalue weighted by molar-refractivity contribution is 7.79. The van der Waals surface area contributed by atoms with E-state index in [0.29, 0.717) is 26.7 Å². The summed E-state index contributed by atoms with van der Waals surface area (Å²) < 4.78 is 79.5. The number of hydrogen-bond acceptors (Lipinski definition) is 15. The van der Waals surface area contributed by atoms with Crippen molar-refractivity contribution in [3.8, 4) is 0 Å². The minimum absolute atomic E-state index is 0.0172. The Kier molecular flexibility index (Phi) is 26.6. The van der Waals surface area contributed by atoms with E-state index >= 15 is 0 Å². The Morgan fingerprint density at radius 2 is 0.808 bits per heavy atom. The van der Waals surface area contributed by atoms with Crippen LogP contribution in [0.5, 0.6) is 0 Å². The van der Waals surface area contributed by atoms with Crippen LogP contribution in [-0.4, -0.2) is 80.0 Å². The lowest BCUT2D eigenvalue weighted by atomic mass is 10.0. The predicted octanol–water partition coefficient (Wildman–Crippen LogP) is 13.9. The number of pyridine rings is 6. The topological polar surface area (TPSA) is 295 Å². The molecule has 0 fully saturated rings. The van der Waals surface area contributed by atoms with Crippen molar-refractivity contribution < 1.29 is 45.1 Å². The molecule has 5 aromatic carbocycles. The summed E-state index contributed by atoms with van der Waals surface area (Å²) in [6.07, 6.45) is 21.2. The molecule has 9 heterocycles. The number of aromatic amines is 3. The molecule has 18 nitrogen and oxygen atoms in total. The van der Waals surface area contributed by atoms with Gasteiger partial charge in [0.1, 0.15) is 51.8 Å². The second kappa shape index (κ2) is 36.9. The SMILES string of the molecule is Nc1ccc(Cc2c[nH]c3ncccc23)cn1.O=C(Cc1cccc(F)c1)Cc1ccc(Cc2c[nH]c3ncccc23)cn1.O=C(Cc1cccc(F)c1)Cc1ccc(Cc2c[nH]c3ncccc23)cn1.O=C=Nc1cccc(F)c1.O=S([O-])c1ccccc1.O=S([O-])c1ccccc1. The number of nitrogens with one attached hydrogen (secondary N) is 3. The molecule has 0 saturated heterocycles. The Labute approximate surface area is 572 Å². The number of aromatic nitrogens is 9. The van der Waals surface area contributed by atoms with Crippen LogP contribution in [0.3, 0.4) is 0 Å². The van der Waals surface area contributed by atoms with Crippen molar-refractivity contribution in [2.75, 3.05) is 5.73 Å².